The molecule has 174 valence electrons. The van der Waals surface area contributed by atoms with Crippen LogP contribution in [0.25, 0.3) is 11.0 Å². The minimum absolute atomic E-state index is 0.0495. The molecule has 2 N–H and O–H groups in total. The number of pyridine rings is 1. The molecule has 33 heavy (non-hydrogen) atoms. The maximum atomic E-state index is 13.2. The third kappa shape index (κ3) is 4.72. The molecule has 1 amide bonds. The second-order valence-electron chi connectivity index (χ2n) is 9.48. The number of benzene rings is 1. The van der Waals surface area contributed by atoms with E-state index in [0.717, 1.165) is 12.1 Å². The van der Waals surface area contributed by atoms with Crippen LogP contribution in [0.4, 0.5) is 13.2 Å². The van der Waals surface area contributed by atoms with E-state index in [1.54, 1.807) is 22.9 Å². The van der Waals surface area contributed by atoms with Gasteiger partial charge in [-0.2, -0.15) is 13.2 Å². The smallest absolute Gasteiger partial charge is 0.416 e. The van der Waals surface area contributed by atoms with Crippen molar-refractivity contribution >= 4 is 22.9 Å². The van der Waals surface area contributed by atoms with Crippen LogP contribution in [-0.4, -0.2) is 32.1 Å². The number of fused-ring (bicyclic) bond motifs is 1. The normalized spacial score (nSPS) is 22.7. The molecule has 1 aromatic carbocycles. The molecule has 1 saturated carbocycles. The monoisotopic (exact) mass is 459 g/mol. The Morgan fingerprint density at radius 1 is 1.12 bits per heavy atom. The van der Waals surface area contributed by atoms with Crippen molar-refractivity contribution < 1.29 is 27.9 Å². The van der Waals surface area contributed by atoms with Crippen molar-refractivity contribution in [3.8, 4) is 0 Å². The number of rotatable bonds is 6. The number of carboxylic acids is 1. The Labute approximate surface area is 188 Å². The highest BCUT2D eigenvalue weighted by atomic mass is 19.4. The van der Waals surface area contributed by atoms with Crippen molar-refractivity contribution in [2.45, 2.75) is 51.4 Å². The van der Waals surface area contributed by atoms with Crippen molar-refractivity contribution in [2.24, 2.45) is 5.41 Å². The first-order chi connectivity index (χ1) is 15.4. The predicted molar refractivity (Wildman–Crippen MR) is 116 cm³/mol. The number of carboxylic acid groups (broad SMARTS) is 1. The van der Waals surface area contributed by atoms with Gasteiger partial charge in [-0.1, -0.05) is 19.1 Å². The summed E-state index contributed by atoms with van der Waals surface area (Å²) in [5.41, 5.74) is 0.673. The van der Waals surface area contributed by atoms with Crippen molar-refractivity contribution in [1.29, 1.82) is 0 Å². The minimum Gasteiger partial charge on any atom is -0.481 e. The van der Waals surface area contributed by atoms with Crippen molar-refractivity contribution in [3.63, 3.8) is 0 Å². The average molecular weight is 459 g/mol. The number of halogens is 3. The fourth-order valence-corrected chi connectivity index (χ4v) is 5.19. The SMILES string of the molecule is CC1(CC(=O)O)CC(C)(NC(=O)c2ccnc3ccn(Cc4ccc(C(F)(F)F)cc4)c23)C1. The van der Waals surface area contributed by atoms with E-state index in [0.29, 0.717) is 35.0 Å². The zero-order valence-electron chi connectivity index (χ0n) is 18.2. The quantitative estimate of drug-likeness (QED) is 0.551. The third-order valence-electron chi connectivity index (χ3n) is 6.16. The van der Waals surface area contributed by atoms with Gasteiger partial charge in [0, 0.05) is 24.5 Å². The number of alkyl halides is 3. The van der Waals surface area contributed by atoms with Crippen LogP contribution >= 0.6 is 0 Å². The Kier molecular flexibility index (Phi) is 5.46. The summed E-state index contributed by atoms with van der Waals surface area (Å²) in [7, 11) is 0. The summed E-state index contributed by atoms with van der Waals surface area (Å²) in [5, 5.41) is 12.1. The molecular formula is C24H24F3N3O3. The molecule has 0 unspecified atom stereocenters. The lowest BCUT2D eigenvalue weighted by Crippen LogP contribution is -2.59. The molecule has 6 nitrogen and oxygen atoms in total. The molecule has 0 aliphatic heterocycles. The number of aliphatic carboxylic acids is 1. The van der Waals surface area contributed by atoms with Gasteiger partial charge < -0.3 is 15.0 Å². The highest BCUT2D eigenvalue weighted by Gasteiger charge is 2.50. The maximum absolute atomic E-state index is 13.2. The number of nitrogens with one attached hydrogen (secondary N) is 1. The second kappa shape index (κ2) is 7.90. The largest absolute Gasteiger partial charge is 0.481 e. The van der Waals surface area contributed by atoms with Crippen LogP contribution in [0.1, 0.15) is 54.6 Å². The van der Waals surface area contributed by atoms with Crippen molar-refractivity contribution in [3.05, 3.63) is 65.5 Å². The number of carbonyl (C=O) groups is 2. The molecule has 2 heterocycles. The number of amides is 1. The second-order valence-corrected chi connectivity index (χ2v) is 9.48. The predicted octanol–water partition coefficient (Wildman–Crippen LogP) is 4.87. The molecule has 1 aliphatic rings. The fourth-order valence-electron chi connectivity index (χ4n) is 5.19. The van der Waals surface area contributed by atoms with E-state index in [1.165, 1.54) is 18.3 Å². The fraction of sp³-hybridized carbons (Fsp3) is 0.375. The van der Waals surface area contributed by atoms with Gasteiger partial charge in [-0.3, -0.25) is 14.6 Å². The molecule has 2 aromatic heterocycles. The van der Waals surface area contributed by atoms with Crippen LogP contribution in [0.3, 0.4) is 0 Å². The molecule has 0 atom stereocenters. The maximum Gasteiger partial charge on any atom is 0.416 e. The zero-order chi connectivity index (χ0) is 24.0. The van der Waals surface area contributed by atoms with E-state index < -0.39 is 23.2 Å². The number of carbonyl (C=O) groups excluding carboxylic acids is 1. The Bertz CT molecular complexity index is 1210. The van der Waals surface area contributed by atoms with E-state index in [4.69, 9.17) is 5.11 Å². The molecule has 9 heteroatoms. The van der Waals surface area contributed by atoms with Crippen LogP contribution in [0.15, 0.2) is 48.8 Å². The molecule has 0 bridgehead atoms. The first-order valence-corrected chi connectivity index (χ1v) is 10.5. The van der Waals surface area contributed by atoms with Gasteiger partial charge in [0.1, 0.15) is 0 Å². The van der Waals surface area contributed by atoms with E-state index in [-0.39, 0.29) is 24.3 Å². The van der Waals surface area contributed by atoms with Gasteiger partial charge >= 0.3 is 12.1 Å². The van der Waals surface area contributed by atoms with Crippen LogP contribution in [-0.2, 0) is 17.5 Å². The Balaban J connectivity index is 1.55. The molecule has 1 aliphatic carbocycles. The lowest BCUT2D eigenvalue weighted by Gasteiger charge is -2.52. The van der Waals surface area contributed by atoms with Gasteiger partial charge in [0.25, 0.3) is 5.91 Å². The van der Waals surface area contributed by atoms with Crippen molar-refractivity contribution in [1.82, 2.24) is 14.9 Å². The summed E-state index contributed by atoms with van der Waals surface area (Å²) in [6, 6.07) is 8.29. The summed E-state index contributed by atoms with van der Waals surface area (Å²) in [5.74, 6) is -1.16. The molecule has 4 rings (SSSR count). The number of hydrogen-bond acceptors (Lipinski definition) is 3. The molecule has 1 fully saturated rings. The Hall–Kier alpha value is -3.36. The molecular weight excluding hydrogens is 435 g/mol. The highest BCUT2D eigenvalue weighted by Crippen LogP contribution is 2.50. The number of aromatic nitrogens is 2. The standard InChI is InChI=1S/C24H24F3N3O3/c1-22(11-19(31)32)13-23(2,14-22)29-21(33)17-7-9-28-18-8-10-30(20(17)18)12-15-3-5-16(6-4-15)24(25,26)27/h3-10H,11-14H2,1-2H3,(H,29,33)(H,31,32). The first kappa shape index (κ1) is 22.8. The van der Waals surface area contributed by atoms with E-state index in [9.17, 15) is 22.8 Å². The topological polar surface area (TPSA) is 84.2 Å². The minimum atomic E-state index is -4.40. The summed E-state index contributed by atoms with van der Waals surface area (Å²) in [4.78, 5) is 28.6. The number of hydrogen-bond donors (Lipinski definition) is 2. The van der Waals surface area contributed by atoms with Crippen LogP contribution in [0.2, 0.25) is 0 Å². The molecule has 0 radical (unpaired) electrons. The third-order valence-corrected chi connectivity index (χ3v) is 6.16. The molecule has 0 spiro atoms. The van der Waals surface area contributed by atoms with E-state index in [2.05, 4.69) is 10.3 Å². The van der Waals surface area contributed by atoms with Gasteiger partial charge in [-0.05, 0) is 55.0 Å². The Morgan fingerprint density at radius 2 is 1.79 bits per heavy atom. The summed E-state index contributed by atoms with van der Waals surface area (Å²) < 4.78 is 40.3. The van der Waals surface area contributed by atoms with Crippen LogP contribution in [0.5, 0.6) is 0 Å². The number of nitrogens with zero attached hydrogens (tertiary/aromatic N) is 2. The average Bonchev–Trinajstić information content (AvgIpc) is 3.08. The Morgan fingerprint density at radius 3 is 2.39 bits per heavy atom. The van der Waals surface area contributed by atoms with Gasteiger partial charge in [0.2, 0.25) is 0 Å². The summed E-state index contributed by atoms with van der Waals surface area (Å²) in [6.45, 7) is 4.07. The summed E-state index contributed by atoms with van der Waals surface area (Å²) in [6.07, 6.45) is 0.0517. The van der Waals surface area contributed by atoms with Gasteiger partial charge in [0.15, 0.2) is 0 Å². The first-order valence-electron chi connectivity index (χ1n) is 10.5. The van der Waals surface area contributed by atoms with Gasteiger partial charge in [-0.25, -0.2) is 0 Å². The van der Waals surface area contributed by atoms with Crippen LogP contribution < -0.4 is 5.32 Å². The summed E-state index contributed by atoms with van der Waals surface area (Å²) >= 11 is 0. The van der Waals surface area contributed by atoms with Gasteiger partial charge in [-0.15, -0.1) is 0 Å². The van der Waals surface area contributed by atoms with Gasteiger partial charge in [0.05, 0.1) is 28.6 Å². The molecule has 0 saturated heterocycles. The van der Waals surface area contributed by atoms with E-state index >= 15 is 0 Å². The van der Waals surface area contributed by atoms with Crippen LogP contribution in [0, 0.1) is 5.41 Å². The highest BCUT2D eigenvalue weighted by molar-refractivity contribution is 6.05. The molecule has 3 aromatic rings. The zero-order valence-corrected chi connectivity index (χ0v) is 18.2. The van der Waals surface area contributed by atoms with E-state index in [1.807, 2.05) is 13.8 Å². The lowest BCUT2D eigenvalue weighted by molar-refractivity contribution is -0.142. The lowest BCUT2D eigenvalue weighted by atomic mass is 9.57. The van der Waals surface area contributed by atoms with Crippen molar-refractivity contribution in [2.75, 3.05) is 0 Å².